The minimum Gasteiger partial charge on any atom is -0.496 e. The Bertz CT molecular complexity index is 557. The molecule has 90 valence electrons. The summed E-state index contributed by atoms with van der Waals surface area (Å²) >= 11 is 0. The molecule has 0 unspecified atom stereocenters. The molecule has 1 aromatic heterocycles. The topological polar surface area (TPSA) is 67.2 Å². The number of para-hydroxylation sites is 1. The molecule has 0 radical (unpaired) electrons. The molecular weight excluding hydrogens is 220 g/mol. The predicted molar refractivity (Wildman–Crippen MR) is 63.1 cm³/mol. The maximum absolute atomic E-state index is 11.7. The van der Waals surface area contributed by atoms with Gasteiger partial charge >= 0.3 is 0 Å². The van der Waals surface area contributed by atoms with E-state index in [1.165, 1.54) is 10.9 Å². The lowest BCUT2D eigenvalue weighted by Gasteiger charge is -2.07. The van der Waals surface area contributed by atoms with E-state index in [4.69, 9.17) is 9.84 Å². The molecule has 0 bridgehead atoms. The molecule has 2 N–H and O–H groups in total. The summed E-state index contributed by atoms with van der Waals surface area (Å²) in [6.07, 6.45) is 1.51. The highest BCUT2D eigenvalue weighted by Gasteiger charge is 2.07. The van der Waals surface area contributed by atoms with Gasteiger partial charge in [0.1, 0.15) is 5.75 Å². The second-order valence-electron chi connectivity index (χ2n) is 3.66. The van der Waals surface area contributed by atoms with Crippen LogP contribution < -0.4 is 10.3 Å². The van der Waals surface area contributed by atoms with Crippen LogP contribution in [0.15, 0.2) is 35.3 Å². The van der Waals surface area contributed by atoms with Gasteiger partial charge < -0.3 is 14.9 Å². The molecule has 0 atom stereocenters. The van der Waals surface area contributed by atoms with E-state index in [1.807, 2.05) is 24.3 Å². The zero-order chi connectivity index (χ0) is 12.3. The summed E-state index contributed by atoms with van der Waals surface area (Å²) in [5.41, 5.74) is 1.06. The average molecular weight is 234 g/mol. The molecule has 1 aromatic carbocycles. The highest BCUT2D eigenvalue weighted by Crippen LogP contribution is 2.17. The molecule has 0 aliphatic carbocycles. The fraction of sp³-hybridized carbons (Fsp3) is 0.250. The summed E-state index contributed by atoms with van der Waals surface area (Å²) in [4.78, 5) is 11.7. The first-order valence-corrected chi connectivity index (χ1v) is 5.26. The normalized spacial score (nSPS) is 10.5. The Morgan fingerprint density at radius 3 is 2.76 bits per heavy atom. The van der Waals surface area contributed by atoms with E-state index in [0.717, 1.165) is 11.3 Å². The van der Waals surface area contributed by atoms with Gasteiger partial charge in [0.15, 0.2) is 0 Å². The maximum Gasteiger partial charge on any atom is 0.272 e. The largest absolute Gasteiger partial charge is 0.496 e. The Labute approximate surface area is 98.3 Å². The standard InChI is InChI=1S/C12H14N2O3/c1-17-11-5-3-2-4-9(11)7-14-12(16)10(8-15)6-13-14/h2-6,13,15H,7-8H2,1H3. The Morgan fingerprint density at radius 2 is 2.12 bits per heavy atom. The molecule has 2 rings (SSSR count). The smallest absolute Gasteiger partial charge is 0.272 e. The van der Waals surface area contributed by atoms with Crippen molar-refractivity contribution in [3.05, 3.63) is 51.9 Å². The van der Waals surface area contributed by atoms with Crippen molar-refractivity contribution >= 4 is 0 Å². The molecule has 17 heavy (non-hydrogen) atoms. The van der Waals surface area contributed by atoms with Gasteiger partial charge in [0, 0.05) is 11.8 Å². The van der Waals surface area contributed by atoms with Gasteiger partial charge in [-0.3, -0.25) is 4.79 Å². The highest BCUT2D eigenvalue weighted by atomic mass is 16.5. The summed E-state index contributed by atoms with van der Waals surface area (Å²) in [6, 6.07) is 7.50. The van der Waals surface area contributed by atoms with Gasteiger partial charge in [-0.1, -0.05) is 18.2 Å². The van der Waals surface area contributed by atoms with Crippen molar-refractivity contribution in [3.63, 3.8) is 0 Å². The van der Waals surface area contributed by atoms with Crippen molar-refractivity contribution in [1.29, 1.82) is 0 Å². The number of hydrogen-bond acceptors (Lipinski definition) is 3. The van der Waals surface area contributed by atoms with Crippen molar-refractivity contribution in [2.45, 2.75) is 13.2 Å². The first-order valence-electron chi connectivity index (χ1n) is 5.26. The summed E-state index contributed by atoms with van der Waals surface area (Å²) in [5.74, 6) is 0.736. The van der Waals surface area contributed by atoms with E-state index in [9.17, 15) is 4.79 Å². The van der Waals surface area contributed by atoms with Crippen molar-refractivity contribution in [2.75, 3.05) is 7.11 Å². The number of aliphatic hydroxyl groups is 1. The van der Waals surface area contributed by atoms with Crippen LogP contribution in [0.25, 0.3) is 0 Å². The number of ether oxygens (including phenoxy) is 1. The number of hydrogen-bond donors (Lipinski definition) is 2. The second-order valence-corrected chi connectivity index (χ2v) is 3.66. The predicted octanol–water partition coefficient (Wildman–Crippen LogP) is 0.726. The molecule has 1 heterocycles. The van der Waals surface area contributed by atoms with Gasteiger partial charge in [-0.15, -0.1) is 0 Å². The molecule has 0 aliphatic rings. The van der Waals surface area contributed by atoms with E-state index in [1.54, 1.807) is 7.11 Å². The number of nitrogens with one attached hydrogen (secondary N) is 1. The fourth-order valence-electron chi connectivity index (χ4n) is 1.68. The summed E-state index contributed by atoms with van der Waals surface area (Å²) in [5, 5.41) is 11.8. The van der Waals surface area contributed by atoms with Crippen LogP contribution in [0.1, 0.15) is 11.1 Å². The van der Waals surface area contributed by atoms with Gasteiger partial charge in [0.25, 0.3) is 5.56 Å². The van der Waals surface area contributed by atoms with Crippen molar-refractivity contribution in [1.82, 2.24) is 9.78 Å². The number of nitrogens with zero attached hydrogens (tertiary/aromatic N) is 1. The lowest BCUT2D eigenvalue weighted by Crippen LogP contribution is -2.20. The first kappa shape index (κ1) is 11.5. The third kappa shape index (κ3) is 2.24. The van der Waals surface area contributed by atoms with Gasteiger partial charge in [-0.05, 0) is 6.07 Å². The van der Waals surface area contributed by atoms with E-state index in [0.29, 0.717) is 12.1 Å². The molecular formula is C12H14N2O3. The molecule has 5 nitrogen and oxygen atoms in total. The Balaban J connectivity index is 2.31. The minimum absolute atomic E-state index is 0.210. The van der Waals surface area contributed by atoms with E-state index >= 15 is 0 Å². The van der Waals surface area contributed by atoms with E-state index < -0.39 is 0 Å². The van der Waals surface area contributed by atoms with Crippen LogP contribution in [-0.2, 0) is 13.2 Å². The molecule has 0 fully saturated rings. The Morgan fingerprint density at radius 1 is 1.35 bits per heavy atom. The molecule has 2 aromatic rings. The number of H-pyrrole nitrogens is 1. The van der Waals surface area contributed by atoms with Crippen LogP contribution in [0.3, 0.4) is 0 Å². The minimum atomic E-state index is -0.256. The third-order valence-corrected chi connectivity index (χ3v) is 2.61. The van der Waals surface area contributed by atoms with Crippen molar-refractivity contribution < 1.29 is 9.84 Å². The van der Waals surface area contributed by atoms with E-state index in [-0.39, 0.29) is 12.2 Å². The zero-order valence-electron chi connectivity index (χ0n) is 9.51. The lowest BCUT2D eigenvalue weighted by molar-refractivity contribution is 0.280. The number of benzene rings is 1. The first-order chi connectivity index (χ1) is 8.26. The molecule has 0 saturated carbocycles. The number of methoxy groups -OCH3 is 1. The molecule has 5 heteroatoms. The molecule has 0 amide bonds. The monoisotopic (exact) mass is 234 g/mol. The quantitative estimate of drug-likeness (QED) is 0.819. The van der Waals surface area contributed by atoms with Crippen molar-refractivity contribution in [3.8, 4) is 5.75 Å². The summed E-state index contributed by atoms with van der Waals surface area (Å²) in [7, 11) is 1.59. The number of aromatic amines is 1. The second kappa shape index (κ2) is 4.88. The highest BCUT2D eigenvalue weighted by molar-refractivity contribution is 5.33. The number of aromatic nitrogens is 2. The van der Waals surface area contributed by atoms with Crippen LogP contribution in [0.5, 0.6) is 5.75 Å². The van der Waals surface area contributed by atoms with Gasteiger partial charge in [-0.2, -0.15) is 0 Å². The van der Waals surface area contributed by atoms with Crippen molar-refractivity contribution in [2.24, 2.45) is 0 Å². The maximum atomic E-state index is 11.7. The SMILES string of the molecule is COc1ccccc1Cn1[nH]cc(CO)c1=O. The summed E-state index contributed by atoms with van der Waals surface area (Å²) in [6.45, 7) is 0.136. The molecule has 0 aliphatic heterocycles. The average Bonchev–Trinajstić information content (AvgIpc) is 2.71. The zero-order valence-corrected chi connectivity index (χ0v) is 9.51. The van der Waals surface area contributed by atoms with Gasteiger partial charge in [0.2, 0.25) is 0 Å². The Hall–Kier alpha value is -2.01. The van der Waals surface area contributed by atoms with E-state index in [2.05, 4.69) is 5.10 Å². The van der Waals surface area contributed by atoms with Gasteiger partial charge in [-0.25, -0.2) is 4.68 Å². The Kier molecular flexibility index (Phi) is 3.30. The number of aliphatic hydroxyl groups excluding tert-OH is 1. The lowest BCUT2D eigenvalue weighted by atomic mass is 10.2. The van der Waals surface area contributed by atoms with Crippen LogP contribution in [0, 0.1) is 0 Å². The summed E-state index contributed by atoms with van der Waals surface area (Å²) < 4.78 is 6.65. The third-order valence-electron chi connectivity index (χ3n) is 2.61. The van der Waals surface area contributed by atoms with Crippen LogP contribution in [0.4, 0.5) is 0 Å². The molecule has 0 saturated heterocycles. The molecule has 0 spiro atoms. The van der Waals surface area contributed by atoms with Crippen LogP contribution in [-0.4, -0.2) is 22.0 Å². The number of rotatable bonds is 4. The fourth-order valence-corrected chi connectivity index (χ4v) is 1.68. The van der Waals surface area contributed by atoms with Crippen LogP contribution >= 0.6 is 0 Å². The van der Waals surface area contributed by atoms with Crippen LogP contribution in [0.2, 0.25) is 0 Å². The van der Waals surface area contributed by atoms with Gasteiger partial charge in [0.05, 0.1) is 25.8 Å².